The summed E-state index contributed by atoms with van der Waals surface area (Å²) in [5.41, 5.74) is 5.94. The van der Waals surface area contributed by atoms with Crippen LogP contribution in [0.1, 0.15) is 42.0 Å². The molecule has 0 aromatic heterocycles. The minimum Gasteiger partial charge on any atom is -0.450 e. The maximum absolute atomic E-state index is 12.5. The zero-order chi connectivity index (χ0) is 19.2. The molecule has 27 heavy (non-hydrogen) atoms. The summed E-state index contributed by atoms with van der Waals surface area (Å²) in [6.07, 6.45) is 4.55. The van der Waals surface area contributed by atoms with Gasteiger partial charge in [0.1, 0.15) is 0 Å². The van der Waals surface area contributed by atoms with E-state index < -0.39 is 6.09 Å². The average Bonchev–Trinajstić information content (AvgIpc) is 2.65. The van der Waals surface area contributed by atoms with Crippen molar-refractivity contribution in [2.75, 3.05) is 17.2 Å². The fourth-order valence-electron chi connectivity index (χ4n) is 3.46. The van der Waals surface area contributed by atoms with Crippen molar-refractivity contribution >= 4 is 23.4 Å². The lowest BCUT2D eigenvalue weighted by Crippen LogP contribution is -2.17. The van der Waals surface area contributed by atoms with E-state index in [1.54, 1.807) is 19.1 Å². The monoisotopic (exact) mass is 366 g/mol. The van der Waals surface area contributed by atoms with Crippen LogP contribution in [-0.4, -0.2) is 18.6 Å². The van der Waals surface area contributed by atoms with E-state index in [-0.39, 0.29) is 5.91 Å². The molecule has 0 aliphatic heterocycles. The van der Waals surface area contributed by atoms with Gasteiger partial charge in [0, 0.05) is 11.4 Å². The third-order valence-corrected chi connectivity index (χ3v) is 4.90. The topological polar surface area (TPSA) is 67.4 Å². The summed E-state index contributed by atoms with van der Waals surface area (Å²) in [7, 11) is 0. The maximum atomic E-state index is 12.5. The third kappa shape index (κ3) is 4.88. The number of amides is 2. The molecule has 3 rings (SSSR count). The number of anilines is 2. The van der Waals surface area contributed by atoms with Gasteiger partial charge in [-0.15, -0.1) is 0 Å². The lowest BCUT2D eigenvalue weighted by molar-refractivity contribution is -0.115. The van der Waals surface area contributed by atoms with Gasteiger partial charge in [0.25, 0.3) is 0 Å². The lowest BCUT2D eigenvalue weighted by Gasteiger charge is -2.17. The first-order valence-electron chi connectivity index (χ1n) is 9.50. The van der Waals surface area contributed by atoms with Crippen LogP contribution in [0.2, 0.25) is 0 Å². The second-order valence-electron chi connectivity index (χ2n) is 6.86. The summed E-state index contributed by atoms with van der Waals surface area (Å²) in [6, 6.07) is 11.8. The highest BCUT2D eigenvalue weighted by atomic mass is 16.5. The quantitative estimate of drug-likeness (QED) is 0.811. The molecule has 0 atom stereocenters. The molecule has 5 heteroatoms. The van der Waals surface area contributed by atoms with E-state index in [0.717, 1.165) is 24.0 Å². The van der Waals surface area contributed by atoms with Crippen molar-refractivity contribution in [3.63, 3.8) is 0 Å². The second kappa shape index (κ2) is 8.71. The van der Waals surface area contributed by atoms with Crippen molar-refractivity contribution < 1.29 is 14.3 Å². The molecule has 2 N–H and O–H groups in total. The maximum Gasteiger partial charge on any atom is 0.411 e. The molecule has 142 valence electrons. The summed E-state index contributed by atoms with van der Waals surface area (Å²) < 4.78 is 4.91. The van der Waals surface area contributed by atoms with Crippen molar-refractivity contribution in [3.05, 3.63) is 58.7 Å². The molecule has 5 nitrogen and oxygen atoms in total. The van der Waals surface area contributed by atoms with Crippen molar-refractivity contribution in [1.29, 1.82) is 0 Å². The number of benzene rings is 2. The number of carbonyl (C=O) groups excluding carboxylic acids is 2. The molecule has 0 spiro atoms. The summed E-state index contributed by atoms with van der Waals surface area (Å²) in [5.74, 6) is -0.0675. The van der Waals surface area contributed by atoms with Crippen LogP contribution >= 0.6 is 0 Å². The number of aryl methyl sites for hydroxylation is 2. The number of rotatable bonds is 5. The Kier molecular flexibility index (Phi) is 6.12. The Morgan fingerprint density at radius 3 is 2.44 bits per heavy atom. The highest BCUT2D eigenvalue weighted by molar-refractivity contribution is 5.95. The summed E-state index contributed by atoms with van der Waals surface area (Å²) >= 11 is 0. The molecule has 0 heterocycles. The molecule has 0 unspecified atom stereocenters. The number of fused-ring (bicyclic) bond motifs is 1. The van der Waals surface area contributed by atoms with Gasteiger partial charge in [-0.25, -0.2) is 4.79 Å². The van der Waals surface area contributed by atoms with Gasteiger partial charge in [-0.1, -0.05) is 24.3 Å². The fraction of sp³-hybridized carbons (Fsp3) is 0.364. The molecule has 0 saturated carbocycles. The molecule has 2 aromatic rings. The van der Waals surface area contributed by atoms with Gasteiger partial charge in [0.15, 0.2) is 0 Å². The van der Waals surface area contributed by atoms with Crippen LogP contribution in [0, 0.1) is 6.92 Å². The van der Waals surface area contributed by atoms with Gasteiger partial charge < -0.3 is 10.1 Å². The highest BCUT2D eigenvalue weighted by Gasteiger charge is 2.13. The normalized spacial score (nSPS) is 12.8. The van der Waals surface area contributed by atoms with Crippen LogP contribution in [0.5, 0.6) is 0 Å². The Labute approximate surface area is 160 Å². The molecule has 0 bridgehead atoms. The molecule has 1 aliphatic rings. The third-order valence-electron chi connectivity index (χ3n) is 4.90. The van der Waals surface area contributed by atoms with Crippen molar-refractivity contribution in [2.24, 2.45) is 0 Å². The van der Waals surface area contributed by atoms with Gasteiger partial charge in [0.05, 0.1) is 13.0 Å². The van der Waals surface area contributed by atoms with Crippen LogP contribution in [0.25, 0.3) is 0 Å². The molecule has 0 radical (unpaired) electrons. The number of carbonyl (C=O) groups is 2. The van der Waals surface area contributed by atoms with E-state index in [4.69, 9.17) is 4.74 Å². The highest BCUT2D eigenvalue weighted by Crippen LogP contribution is 2.25. The molecular formula is C22H26N2O3. The van der Waals surface area contributed by atoms with Crippen LogP contribution in [-0.2, 0) is 28.8 Å². The standard InChI is InChI=1S/C22H26N2O3/c1-3-27-22(26)24-20-10-6-9-19(15(20)2)23-21(25)14-16-11-12-17-7-4-5-8-18(17)13-16/h6,9-13H,3-5,7-8,14H2,1-2H3,(H,23,25)(H,24,26). The minimum absolute atomic E-state index is 0.0675. The first-order chi connectivity index (χ1) is 13.1. The Morgan fingerprint density at radius 2 is 1.70 bits per heavy atom. The van der Waals surface area contributed by atoms with Gasteiger partial charge in [0.2, 0.25) is 5.91 Å². The predicted molar refractivity (Wildman–Crippen MR) is 107 cm³/mol. The van der Waals surface area contributed by atoms with Crippen molar-refractivity contribution in [3.8, 4) is 0 Å². The first-order valence-corrected chi connectivity index (χ1v) is 9.50. The smallest absolute Gasteiger partial charge is 0.411 e. The van der Waals surface area contributed by atoms with E-state index in [2.05, 4.69) is 28.8 Å². The Balaban J connectivity index is 1.66. The van der Waals surface area contributed by atoms with Crippen LogP contribution in [0.15, 0.2) is 36.4 Å². The number of nitrogens with one attached hydrogen (secondary N) is 2. The van der Waals surface area contributed by atoms with E-state index in [1.165, 1.54) is 24.0 Å². The Bertz CT molecular complexity index is 845. The number of ether oxygens (including phenoxy) is 1. The minimum atomic E-state index is -0.502. The van der Waals surface area contributed by atoms with Gasteiger partial charge in [-0.05, 0) is 73.9 Å². The largest absolute Gasteiger partial charge is 0.450 e. The lowest BCUT2D eigenvalue weighted by atomic mass is 9.90. The molecular weight excluding hydrogens is 340 g/mol. The van der Waals surface area contributed by atoms with Crippen LogP contribution in [0.3, 0.4) is 0 Å². The summed E-state index contributed by atoms with van der Waals surface area (Å²) in [5, 5.41) is 5.65. The Morgan fingerprint density at radius 1 is 1.00 bits per heavy atom. The zero-order valence-electron chi connectivity index (χ0n) is 15.9. The summed E-state index contributed by atoms with van der Waals surface area (Å²) in [4.78, 5) is 24.2. The van der Waals surface area contributed by atoms with Crippen molar-refractivity contribution in [1.82, 2.24) is 0 Å². The van der Waals surface area contributed by atoms with E-state index >= 15 is 0 Å². The predicted octanol–water partition coefficient (Wildman–Crippen LogP) is 4.62. The van der Waals surface area contributed by atoms with E-state index in [1.807, 2.05) is 13.0 Å². The average molecular weight is 366 g/mol. The zero-order valence-corrected chi connectivity index (χ0v) is 15.9. The van der Waals surface area contributed by atoms with Gasteiger partial charge >= 0.3 is 6.09 Å². The van der Waals surface area contributed by atoms with Crippen LogP contribution in [0.4, 0.5) is 16.2 Å². The SMILES string of the molecule is CCOC(=O)Nc1cccc(NC(=O)Cc2ccc3c(c2)CCCC3)c1C. The summed E-state index contributed by atoms with van der Waals surface area (Å²) in [6.45, 7) is 3.92. The number of hydrogen-bond donors (Lipinski definition) is 2. The molecule has 1 aliphatic carbocycles. The van der Waals surface area contributed by atoms with E-state index in [0.29, 0.717) is 24.4 Å². The van der Waals surface area contributed by atoms with Crippen molar-refractivity contribution in [2.45, 2.75) is 46.0 Å². The fourth-order valence-corrected chi connectivity index (χ4v) is 3.46. The first kappa shape index (κ1) is 19.0. The second-order valence-corrected chi connectivity index (χ2v) is 6.86. The van der Waals surface area contributed by atoms with Gasteiger partial charge in [-0.3, -0.25) is 10.1 Å². The molecule has 0 saturated heterocycles. The van der Waals surface area contributed by atoms with Gasteiger partial charge in [-0.2, -0.15) is 0 Å². The van der Waals surface area contributed by atoms with E-state index in [9.17, 15) is 9.59 Å². The number of hydrogen-bond acceptors (Lipinski definition) is 3. The Hall–Kier alpha value is -2.82. The van der Waals surface area contributed by atoms with Crippen LogP contribution < -0.4 is 10.6 Å². The molecule has 0 fully saturated rings. The molecule has 2 amide bonds. The molecule has 2 aromatic carbocycles.